The van der Waals surface area contributed by atoms with E-state index in [9.17, 15) is 8.78 Å². The number of halogens is 2. The number of nitrogen functional groups attached to an aromatic ring is 1. The number of anilines is 1. The van der Waals surface area contributed by atoms with Gasteiger partial charge in [-0.3, -0.25) is 4.40 Å². The SMILES string of the molecule is Cc1nc2c(F)cc(F)cn2c1N. The third kappa shape index (κ3) is 1.04. The van der Waals surface area contributed by atoms with Crippen molar-refractivity contribution in [3.63, 3.8) is 0 Å². The van der Waals surface area contributed by atoms with Gasteiger partial charge in [-0.05, 0) is 6.92 Å². The normalized spacial score (nSPS) is 11.0. The Hall–Kier alpha value is -1.65. The molecule has 0 aromatic carbocycles. The molecule has 0 saturated heterocycles. The average molecular weight is 183 g/mol. The first kappa shape index (κ1) is 7.97. The Labute approximate surface area is 72.8 Å². The first-order valence-electron chi connectivity index (χ1n) is 3.69. The van der Waals surface area contributed by atoms with Gasteiger partial charge in [0.2, 0.25) is 0 Å². The lowest BCUT2D eigenvalue weighted by Crippen LogP contribution is -1.96. The second-order valence-electron chi connectivity index (χ2n) is 2.78. The van der Waals surface area contributed by atoms with Crippen LogP contribution in [0.25, 0.3) is 5.65 Å². The lowest BCUT2D eigenvalue weighted by atomic mass is 10.4. The molecule has 2 aromatic rings. The van der Waals surface area contributed by atoms with Crippen molar-refractivity contribution in [2.45, 2.75) is 6.92 Å². The van der Waals surface area contributed by atoms with E-state index in [1.54, 1.807) is 6.92 Å². The van der Waals surface area contributed by atoms with E-state index in [0.717, 1.165) is 12.3 Å². The molecule has 68 valence electrons. The summed E-state index contributed by atoms with van der Waals surface area (Å²) in [4.78, 5) is 3.85. The predicted molar refractivity (Wildman–Crippen MR) is 44.3 cm³/mol. The molecule has 0 fully saturated rings. The molecular formula is C8H7F2N3. The maximum atomic E-state index is 13.1. The summed E-state index contributed by atoms with van der Waals surface area (Å²) in [5.74, 6) is -1.12. The Bertz CT molecular complexity index is 476. The lowest BCUT2D eigenvalue weighted by molar-refractivity contribution is 0.577. The summed E-state index contributed by atoms with van der Waals surface area (Å²) < 4.78 is 27.0. The molecule has 3 nitrogen and oxygen atoms in total. The molecule has 0 aliphatic rings. The molecule has 0 bridgehead atoms. The molecule has 2 aromatic heterocycles. The van der Waals surface area contributed by atoms with E-state index < -0.39 is 11.6 Å². The van der Waals surface area contributed by atoms with Crippen LogP contribution in [0.3, 0.4) is 0 Å². The summed E-state index contributed by atoms with van der Waals surface area (Å²) in [6.07, 6.45) is 1.10. The molecule has 0 aliphatic carbocycles. The number of hydrogen-bond acceptors (Lipinski definition) is 2. The van der Waals surface area contributed by atoms with Gasteiger partial charge >= 0.3 is 0 Å². The van der Waals surface area contributed by atoms with Crippen LogP contribution in [-0.2, 0) is 0 Å². The zero-order chi connectivity index (χ0) is 9.59. The third-order valence-electron chi connectivity index (χ3n) is 1.86. The molecule has 0 atom stereocenters. The third-order valence-corrected chi connectivity index (χ3v) is 1.86. The molecule has 5 heteroatoms. The zero-order valence-electron chi connectivity index (χ0n) is 6.88. The van der Waals surface area contributed by atoms with Crippen molar-refractivity contribution in [1.29, 1.82) is 0 Å². The molecular weight excluding hydrogens is 176 g/mol. The lowest BCUT2D eigenvalue weighted by Gasteiger charge is -1.97. The van der Waals surface area contributed by atoms with Gasteiger partial charge in [-0.15, -0.1) is 0 Å². The summed E-state index contributed by atoms with van der Waals surface area (Å²) in [5, 5.41) is 0. The average Bonchev–Trinajstić information content (AvgIpc) is 2.32. The van der Waals surface area contributed by atoms with E-state index in [2.05, 4.69) is 4.98 Å². The molecule has 2 rings (SSSR count). The summed E-state index contributed by atoms with van der Waals surface area (Å²) in [6.45, 7) is 1.64. The second kappa shape index (κ2) is 2.42. The van der Waals surface area contributed by atoms with Crippen molar-refractivity contribution < 1.29 is 8.78 Å². The number of aromatic nitrogens is 2. The molecule has 0 saturated carbocycles. The van der Waals surface area contributed by atoms with Crippen LogP contribution in [0.1, 0.15) is 5.69 Å². The summed E-state index contributed by atoms with van der Waals surface area (Å²) in [5.41, 5.74) is 6.09. The van der Waals surface area contributed by atoms with Crippen LogP contribution in [-0.4, -0.2) is 9.38 Å². The minimum Gasteiger partial charge on any atom is -0.383 e. The van der Waals surface area contributed by atoms with Crippen molar-refractivity contribution in [2.24, 2.45) is 0 Å². The van der Waals surface area contributed by atoms with Gasteiger partial charge in [0.25, 0.3) is 0 Å². The smallest absolute Gasteiger partial charge is 0.175 e. The van der Waals surface area contributed by atoms with Crippen LogP contribution in [0.2, 0.25) is 0 Å². The van der Waals surface area contributed by atoms with Crippen molar-refractivity contribution in [3.05, 3.63) is 29.6 Å². The Morgan fingerprint density at radius 2 is 2.15 bits per heavy atom. The van der Waals surface area contributed by atoms with Crippen molar-refractivity contribution >= 4 is 11.5 Å². The van der Waals surface area contributed by atoms with Crippen LogP contribution >= 0.6 is 0 Å². The fourth-order valence-electron chi connectivity index (χ4n) is 1.20. The largest absolute Gasteiger partial charge is 0.383 e. The Morgan fingerprint density at radius 3 is 2.85 bits per heavy atom. The summed E-state index contributed by atoms with van der Waals surface area (Å²) in [7, 11) is 0. The highest BCUT2D eigenvalue weighted by molar-refractivity contribution is 5.52. The highest BCUT2D eigenvalue weighted by Crippen LogP contribution is 2.17. The quantitative estimate of drug-likeness (QED) is 0.672. The Morgan fingerprint density at radius 1 is 1.46 bits per heavy atom. The van der Waals surface area contributed by atoms with E-state index in [-0.39, 0.29) is 11.5 Å². The van der Waals surface area contributed by atoms with Crippen molar-refractivity contribution in [2.75, 3.05) is 5.73 Å². The molecule has 0 aliphatic heterocycles. The number of rotatable bonds is 0. The number of nitrogens with zero attached hydrogens (tertiary/aromatic N) is 2. The van der Waals surface area contributed by atoms with E-state index in [1.807, 2.05) is 0 Å². The summed E-state index contributed by atoms with van der Waals surface area (Å²) >= 11 is 0. The Balaban J connectivity index is 2.94. The first-order valence-corrected chi connectivity index (χ1v) is 3.69. The number of aryl methyl sites for hydroxylation is 1. The van der Waals surface area contributed by atoms with Gasteiger partial charge < -0.3 is 5.73 Å². The number of hydrogen-bond donors (Lipinski definition) is 1. The Kier molecular flexibility index (Phi) is 1.48. The molecule has 0 spiro atoms. The summed E-state index contributed by atoms with van der Waals surface area (Å²) in [6, 6.07) is 0.779. The van der Waals surface area contributed by atoms with E-state index >= 15 is 0 Å². The van der Waals surface area contributed by atoms with Crippen molar-refractivity contribution in [3.8, 4) is 0 Å². The molecule has 13 heavy (non-hydrogen) atoms. The van der Waals surface area contributed by atoms with Crippen LogP contribution in [0.5, 0.6) is 0 Å². The molecule has 2 heterocycles. The van der Waals surface area contributed by atoms with Gasteiger partial charge in [-0.2, -0.15) is 0 Å². The second-order valence-corrected chi connectivity index (χ2v) is 2.78. The van der Waals surface area contributed by atoms with E-state index in [0.29, 0.717) is 5.69 Å². The number of fused-ring (bicyclic) bond motifs is 1. The molecule has 0 radical (unpaired) electrons. The van der Waals surface area contributed by atoms with Crippen LogP contribution < -0.4 is 5.73 Å². The topological polar surface area (TPSA) is 43.3 Å². The van der Waals surface area contributed by atoms with Crippen LogP contribution in [0, 0.1) is 18.6 Å². The van der Waals surface area contributed by atoms with Crippen LogP contribution in [0.4, 0.5) is 14.6 Å². The molecule has 0 unspecified atom stereocenters. The highest BCUT2D eigenvalue weighted by Gasteiger charge is 2.10. The number of imidazole rings is 1. The minimum absolute atomic E-state index is 0.0522. The first-order chi connectivity index (χ1) is 6.09. The number of nitrogens with two attached hydrogens (primary N) is 1. The standard InChI is InChI=1S/C8H7F2N3/c1-4-7(11)13-3-5(9)2-6(10)8(13)12-4/h2-3H,11H2,1H3. The van der Waals surface area contributed by atoms with Crippen LogP contribution in [0.15, 0.2) is 12.3 Å². The van der Waals surface area contributed by atoms with Gasteiger partial charge in [-0.1, -0.05) is 0 Å². The molecule has 0 amide bonds. The minimum atomic E-state index is -0.709. The van der Waals surface area contributed by atoms with Gasteiger partial charge in [0.15, 0.2) is 11.5 Å². The monoisotopic (exact) mass is 183 g/mol. The van der Waals surface area contributed by atoms with E-state index in [1.165, 1.54) is 4.40 Å². The van der Waals surface area contributed by atoms with Crippen molar-refractivity contribution in [1.82, 2.24) is 9.38 Å². The highest BCUT2D eigenvalue weighted by atomic mass is 19.1. The molecule has 2 N–H and O–H groups in total. The fraction of sp³-hybridized carbons (Fsp3) is 0.125. The van der Waals surface area contributed by atoms with Gasteiger partial charge in [0.1, 0.15) is 11.6 Å². The van der Waals surface area contributed by atoms with Gasteiger partial charge in [0.05, 0.1) is 5.69 Å². The fourth-order valence-corrected chi connectivity index (χ4v) is 1.20. The maximum Gasteiger partial charge on any atom is 0.175 e. The van der Waals surface area contributed by atoms with Gasteiger partial charge in [-0.25, -0.2) is 13.8 Å². The van der Waals surface area contributed by atoms with Gasteiger partial charge in [0, 0.05) is 12.3 Å². The zero-order valence-corrected chi connectivity index (χ0v) is 6.88. The number of pyridine rings is 1. The predicted octanol–water partition coefficient (Wildman–Crippen LogP) is 1.50. The van der Waals surface area contributed by atoms with E-state index in [4.69, 9.17) is 5.73 Å². The maximum absolute atomic E-state index is 13.1.